The number of carbonyl (C=O) groups excluding carboxylic acids is 1. The van der Waals surface area contributed by atoms with Gasteiger partial charge in [0.2, 0.25) is 5.91 Å². The number of rotatable bonds is 5. The summed E-state index contributed by atoms with van der Waals surface area (Å²) in [6, 6.07) is 0. The Labute approximate surface area is 102 Å². The molecular weight excluding hydrogens is 253 g/mol. The van der Waals surface area contributed by atoms with Crippen molar-refractivity contribution in [2.45, 2.75) is 37.4 Å². The van der Waals surface area contributed by atoms with Crippen LogP contribution in [0.3, 0.4) is 0 Å². The average Bonchev–Trinajstić information content (AvgIpc) is 2.11. The molecule has 8 heteroatoms. The van der Waals surface area contributed by atoms with Gasteiger partial charge in [0.15, 0.2) is 0 Å². The van der Waals surface area contributed by atoms with Crippen LogP contribution in [-0.4, -0.2) is 46.7 Å². The Kier molecular flexibility index (Phi) is 4.20. The summed E-state index contributed by atoms with van der Waals surface area (Å²) in [5.41, 5.74) is 5.00. The predicted octanol–water partition coefficient (Wildman–Crippen LogP) is 0.733. The molecule has 0 aromatic carbocycles. The van der Waals surface area contributed by atoms with Crippen molar-refractivity contribution in [3.05, 3.63) is 0 Å². The fourth-order valence-corrected chi connectivity index (χ4v) is 1.83. The molecule has 0 spiro atoms. The van der Waals surface area contributed by atoms with Gasteiger partial charge in [-0.3, -0.25) is 9.59 Å². The standard InChI is InChI=1S/C10H15F3N2O3/c11-10(12,13)6-15(5-8(17)18)7(16)4-9(14)2-1-3-9/h1-6,14H2,(H,17,18). The topological polar surface area (TPSA) is 83.6 Å². The van der Waals surface area contributed by atoms with Gasteiger partial charge in [-0.15, -0.1) is 0 Å². The van der Waals surface area contributed by atoms with Crippen LogP contribution in [0.1, 0.15) is 25.7 Å². The summed E-state index contributed by atoms with van der Waals surface area (Å²) in [5.74, 6) is -2.34. The summed E-state index contributed by atoms with van der Waals surface area (Å²) in [4.78, 5) is 22.4. The highest BCUT2D eigenvalue weighted by Gasteiger charge is 2.39. The highest BCUT2D eigenvalue weighted by atomic mass is 19.4. The van der Waals surface area contributed by atoms with Crippen molar-refractivity contribution in [2.75, 3.05) is 13.1 Å². The number of carboxylic acids is 1. The lowest BCUT2D eigenvalue weighted by Gasteiger charge is -2.38. The summed E-state index contributed by atoms with van der Waals surface area (Å²) in [7, 11) is 0. The second-order valence-electron chi connectivity index (χ2n) is 4.65. The van der Waals surface area contributed by atoms with Crippen LogP contribution >= 0.6 is 0 Å². The Balaban J connectivity index is 2.63. The fraction of sp³-hybridized carbons (Fsp3) is 0.800. The average molecular weight is 268 g/mol. The van der Waals surface area contributed by atoms with Crippen molar-refractivity contribution in [3.8, 4) is 0 Å². The number of halogens is 3. The number of hydrogen-bond acceptors (Lipinski definition) is 3. The molecule has 0 aliphatic heterocycles. The largest absolute Gasteiger partial charge is 0.480 e. The molecule has 0 atom stereocenters. The minimum Gasteiger partial charge on any atom is -0.480 e. The second kappa shape index (κ2) is 5.13. The minimum atomic E-state index is -4.62. The van der Waals surface area contributed by atoms with E-state index in [1.54, 1.807) is 0 Å². The highest BCUT2D eigenvalue weighted by molar-refractivity contribution is 5.82. The lowest BCUT2D eigenvalue weighted by Crippen LogP contribution is -2.52. The second-order valence-corrected chi connectivity index (χ2v) is 4.65. The zero-order valence-electron chi connectivity index (χ0n) is 9.66. The Morgan fingerprint density at radius 1 is 1.33 bits per heavy atom. The number of hydrogen-bond donors (Lipinski definition) is 2. The molecule has 0 radical (unpaired) electrons. The van der Waals surface area contributed by atoms with Gasteiger partial charge in [-0.25, -0.2) is 0 Å². The highest BCUT2D eigenvalue weighted by Crippen LogP contribution is 2.32. The van der Waals surface area contributed by atoms with E-state index in [1.807, 2.05) is 0 Å². The summed E-state index contributed by atoms with van der Waals surface area (Å²) in [6.45, 7) is -2.53. The normalized spacial score (nSPS) is 18.0. The van der Waals surface area contributed by atoms with Gasteiger partial charge in [-0.2, -0.15) is 13.2 Å². The zero-order chi connectivity index (χ0) is 14.0. The van der Waals surface area contributed by atoms with Gasteiger partial charge in [0.05, 0.1) is 0 Å². The minimum absolute atomic E-state index is 0.240. The Morgan fingerprint density at radius 2 is 1.89 bits per heavy atom. The molecule has 0 saturated heterocycles. The van der Waals surface area contributed by atoms with E-state index in [1.165, 1.54) is 0 Å². The first-order valence-corrected chi connectivity index (χ1v) is 5.46. The monoisotopic (exact) mass is 268 g/mol. The Bertz CT molecular complexity index is 340. The van der Waals surface area contributed by atoms with Gasteiger partial charge in [-0.1, -0.05) is 0 Å². The van der Waals surface area contributed by atoms with Crippen LogP contribution in [0.5, 0.6) is 0 Å². The quantitative estimate of drug-likeness (QED) is 0.770. The number of nitrogens with zero attached hydrogens (tertiary/aromatic N) is 1. The molecule has 104 valence electrons. The third-order valence-electron chi connectivity index (χ3n) is 2.90. The van der Waals surface area contributed by atoms with E-state index in [2.05, 4.69) is 0 Å². The maximum absolute atomic E-state index is 12.2. The molecule has 5 nitrogen and oxygen atoms in total. The molecule has 3 N–H and O–H groups in total. The first-order valence-electron chi connectivity index (χ1n) is 5.46. The van der Waals surface area contributed by atoms with Crippen LogP contribution < -0.4 is 5.73 Å². The van der Waals surface area contributed by atoms with Crippen LogP contribution in [0.2, 0.25) is 0 Å². The Morgan fingerprint density at radius 3 is 2.22 bits per heavy atom. The maximum atomic E-state index is 12.2. The van der Waals surface area contributed by atoms with Crippen LogP contribution in [0, 0.1) is 0 Å². The van der Waals surface area contributed by atoms with E-state index in [0.717, 1.165) is 6.42 Å². The molecule has 0 bridgehead atoms. The van der Waals surface area contributed by atoms with Gasteiger partial charge in [-0.05, 0) is 19.3 Å². The molecule has 0 unspecified atom stereocenters. The zero-order valence-corrected chi connectivity index (χ0v) is 9.66. The summed E-state index contributed by atoms with van der Waals surface area (Å²) in [6.07, 6.45) is -2.87. The van der Waals surface area contributed by atoms with Crippen LogP contribution in [-0.2, 0) is 9.59 Å². The van der Waals surface area contributed by atoms with E-state index < -0.39 is 36.7 Å². The number of alkyl halides is 3. The summed E-state index contributed by atoms with van der Waals surface area (Å²) >= 11 is 0. The first kappa shape index (κ1) is 14.7. The number of nitrogens with two attached hydrogens (primary N) is 1. The van der Waals surface area contributed by atoms with Crippen LogP contribution in [0.4, 0.5) is 13.2 Å². The first-order chi connectivity index (χ1) is 8.11. The van der Waals surface area contributed by atoms with E-state index in [-0.39, 0.29) is 11.3 Å². The molecule has 1 saturated carbocycles. The molecule has 18 heavy (non-hydrogen) atoms. The Hall–Kier alpha value is -1.31. The third-order valence-corrected chi connectivity index (χ3v) is 2.90. The number of carboxylic acid groups (broad SMARTS) is 1. The number of amides is 1. The van der Waals surface area contributed by atoms with Crippen molar-refractivity contribution in [1.29, 1.82) is 0 Å². The predicted molar refractivity (Wildman–Crippen MR) is 55.7 cm³/mol. The van der Waals surface area contributed by atoms with E-state index >= 15 is 0 Å². The molecule has 0 aromatic heterocycles. The molecule has 1 aliphatic rings. The van der Waals surface area contributed by atoms with Crippen molar-refractivity contribution in [2.24, 2.45) is 5.73 Å². The van der Waals surface area contributed by atoms with Gasteiger partial charge < -0.3 is 15.7 Å². The van der Waals surface area contributed by atoms with Crippen molar-refractivity contribution in [3.63, 3.8) is 0 Å². The molecule has 0 aromatic rings. The fourth-order valence-electron chi connectivity index (χ4n) is 1.83. The molecule has 1 amide bonds. The molecular formula is C10H15F3N2O3. The van der Waals surface area contributed by atoms with Gasteiger partial charge in [0.25, 0.3) is 0 Å². The lowest BCUT2D eigenvalue weighted by molar-refractivity contribution is -0.166. The summed E-state index contributed by atoms with van der Waals surface area (Å²) in [5, 5.41) is 8.51. The molecule has 1 rings (SSSR count). The summed E-state index contributed by atoms with van der Waals surface area (Å²) < 4.78 is 36.7. The van der Waals surface area contributed by atoms with Gasteiger partial charge in [0.1, 0.15) is 13.1 Å². The van der Waals surface area contributed by atoms with Gasteiger partial charge >= 0.3 is 12.1 Å². The number of aliphatic carboxylic acids is 1. The molecule has 1 aliphatic carbocycles. The van der Waals surface area contributed by atoms with Crippen molar-refractivity contribution >= 4 is 11.9 Å². The lowest BCUT2D eigenvalue weighted by atomic mass is 9.75. The molecule has 0 heterocycles. The van der Waals surface area contributed by atoms with Gasteiger partial charge in [0, 0.05) is 12.0 Å². The van der Waals surface area contributed by atoms with E-state index in [0.29, 0.717) is 12.8 Å². The van der Waals surface area contributed by atoms with Crippen molar-refractivity contribution in [1.82, 2.24) is 4.90 Å². The van der Waals surface area contributed by atoms with Crippen LogP contribution in [0.25, 0.3) is 0 Å². The third kappa shape index (κ3) is 4.52. The van der Waals surface area contributed by atoms with Crippen molar-refractivity contribution < 1.29 is 27.9 Å². The van der Waals surface area contributed by atoms with E-state index in [4.69, 9.17) is 10.8 Å². The smallest absolute Gasteiger partial charge is 0.406 e. The number of carbonyl (C=O) groups is 2. The van der Waals surface area contributed by atoms with E-state index in [9.17, 15) is 22.8 Å². The van der Waals surface area contributed by atoms with Crippen LogP contribution in [0.15, 0.2) is 0 Å². The molecule has 1 fully saturated rings. The SMILES string of the molecule is NC1(CC(=O)N(CC(=O)O)CC(F)(F)F)CCC1. The maximum Gasteiger partial charge on any atom is 0.406 e.